The highest BCUT2D eigenvalue weighted by Crippen LogP contribution is 2.30. The smallest absolute Gasteiger partial charge is 0.0118 e. The minimum Gasteiger partial charge on any atom is -0.314 e. The Kier molecular flexibility index (Phi) is 6.62. The van der Waals surface area contributed by atoms with Gasteiger partial charge in [-0.05, 0) is 52.2 Å². The third kappa shape index (κ3) is 5.05. The molecule has 0 aromatic rings. The van der Waals surface area contributed by atoms with E-state index in [1.807, 2.05) is 0 Å². The van der Waals surface area contributed by atoms with Gasteiger partial charge < -0.3 is 15.1 Å². The van der Waals surface area contributed by atoms with Crippen LogP contribution in [0.15, 0.2) is 0 Å². The van der Waals surface area contributed by atoms with Gasteiger partial charge in [0.05, 0.1) is 0 Å². The van der Waals surface area contributed by atoms with Crippen molar-refractivity contribution in [2.75, 3.05) is 46.8 Å². The van der Waals surface area contributed by atoms with Gasteiger partial charge in [0, 0.05) is 32.2 Å². The fourth-order valence-electron chi connectivity index (χ4n) is 3.89. The average molecular weight is 267 g/mol. The van der Waals surface area contributed by atoms with Gasteiger partial charge in [-0.15, -0.1) is 0 Å². The molecule has 1 unspecified atom stereocenters. The highest BCUT2D eigenvalue weighted by Gasteiger charge is 2.25. The summed E-state index contributed by atoms with van der Waals surface area (Å²) in [5.74, 6) is 0.965. The van der Waals surface area contributed by atoms with Crippen LogP contribution in [-0.4, -0.2) is 62.7 Å². The van der Waals surface area contributed by atoms with Crippen molar-refractivity contribution >= 4 is 0 Å². The van der Waals surface area contributed by atoms with Crippen LogP contribution in [-0.2, 0) is 0 Å². The lowest BCUT2D eigenvalue weighted by molar-refractivity contribution is 0.149. The Morgan fingerprint density at radius 1 is 1.11 bits per heavy atom. The summed E-state index contributed by atoms with van der Waals surface area (Å²) in [6.45, 7) is 6.16. The molecule has 1 saturated heterocycles. The van der Waals surface area contributed by atoms with E-state index in [4.69, 9.17) is 0 Å². The van der Waals surface area contributed by atoms with Gasteiger partial charge in [0.15, 0.2) is 0 Å². The van der Waals surface area contributed by atoms with Gasteiger partial charge in [0.1, 0.15) is 0 Å². The zero-order valence-corrected chi connectivity index (χ0v) is 13.0. The molecule has 2 rings (SSSR count). The summed E-state index contributed by atoms with van der Waals surface area (Å²) in [7, 11) is 4.56. The lowest BCUT2D eigenvalue weighted by atomic mass is 9.81. The Hall–Kier alpha value is -0.120. The molecule has 1 atom stereocenters. The Morgan fingerprint density at radius 2 is 1.79 bits per heavy atom. The van der Waals surface area contributed by atoms with Gasteiger partial charge in [-0.2, -0.15) is 0 Å². The number of nitrogens with one attached hydrogen (secondary N) is 1. The summed E-state index contributed by atoms with van der Waals surface area (Å²) in [4.78, 5) is 5.12. The molecule has 2 aliphatic rings. The number of hydrogen-bond acceptors (Lipinski definition) is 3. The lowest BCUT2D eigenvalue weighted by Crippen LogP contribution is -2.44. The van der Waals surface area contributed by atoms with Gasteiger partial charge in [-0.1, -0.05) is 19.3 Å². The second kappa shape index (κ2) is 8.23. The SMILES string of the molecule is CN(C)C(CCCN1CCNCC1)C1CCCCC1. The first-order valence-corrected chi connectivity index (χ1v) is 8.37. The quantitative estimate of drug-likeness (QED) is 0.796. The molecule has 19 heavy (non-hydrogen) atoms. The third-order valence-electron chi connectivity index (χ3n) is 5.04. The Labute approximate surface area is 119 Å². The molecule has 0 spiro atoms. The highest BCUT2D eigenvalue weighted by molar-refractivity contribution is 4.80. The van der Waals surface area contributed by atoms with Crippen molar-refractivity contribution in [1.82, 2.24) is 15.1 Å². The molecule has 1 N–H and O–H groups in total. The lowest BCUT2D eigenvalue weighted by Gasteiger charge is -2.35. The summed E-state index contributed by atoms with van der Waals surface area (Å²) < 4.78 is 0. The molecular weight excluding hydrogens is 234 g/mol. The fourth-order valence-corrected chi connectivity index (χ4v) is 3.89. The zero-order valence-electron chi connectivity index (χ0n) is 13.0. The summed E-state index contributed by atoms with van der Waals surface area (Å²) in [6, 6.07) is 0.822. The fraction of sp³-hybridized carbons (Fsp3) is 1.00. The summed E-state index contributed by atoms with van der Waals surface area (Å²) in [5.41, 5.74) is 0. The molecule has 0 aromatic heterocycles. The average Bonchev–Trinajstić information content (AvgIpc) is 2.45. The first-order valence-electron chi connectivity index (χ1n) is 8.37. The van der Waals surface area contributed by atoms with E-state index in [-0.39, 0.29) is 0 Å². The van der Waals surface area contributed by atoms with Crippen LogP contribution in [0.5, 0.6) is 0 Å². The highest BCUT2D eigenvalue weighted by atomic mass is 15.2. The molecule has 0 bridgehead atoms. The van der Waals surface area contributed by atoms with Crippen molar-refractivity contribution in [2.45, 2.75) is 51.0 Å². The van der Waals surface area contributed by atoms with E-state index in [1.54, 1.807) is 0 Å². The molecule has 0 aromatic carbocycles. The molecule has 112 valence electrons. The van der Waals surface area contributed by atoms with Crippen LogP contribution in [0.2, 0.25) is 0 Å². The maximum Gasteiger partial charge on any atom is 0.0118 e. The Balaban J connectivity index is 1.70. The van der Waals surface area contributed by atoms with Gasteiger partial charge >= 0.3 is 0 Å². The maximum absolute atomic E-state index is 3.43. The van der Waals surface area contributed by atoms with Crippen molar-refractivity contribution in [3.8, 4) is 0 Å². The van der Waals surface area contributed by atoms with Gasteiger partial charge in [-0.25, -0.2) is 0 Å². The van der Waals surface area contributed by atoms with E-state index >= 15 is 0 Å². The predicted molar refractivity (Wildman–Crippen MR) is 82.6 cm³/mol. The van der Waals surface area contributed by atoms with E-state index in [0.29, 0.717) is 0 Å². The van der Waals surface area contributed by atoms with Crippen molar-refractivity contribution in [1.29, 1.82) is 0 Å². The first kappa shape index (κ1) is 15.3. The Morgan fingerprint density at radius 3 is 2.42 bits per heavy atom. The number of nitrogens with zero attached hydrogens (tertiary/aromatic N) is 2. The Bertz CT molecular complexity index is 230. The van der Waals surface area contributed by atoms with E-state index in [9.17, 15) is 0 Å². The molecule has 0 amide bonds. The maximum atomic E-state index is 3.43. The van der Waals surface area contributed by atoms with Crippen LogP contribution in [0, 0.1) is 5.92 Å². The van der Waals surface area contributed by atoms with E-state index in [0.717, 1.165) is 12.0 Å². The standard InChI is InChI=1S/C16H33N3/c1-18(2)16(15-7-4-3-5-8-15)9-6-12-19-13-10-17-11-14-19/h15-17H,3-14H2,1-2H3. The van der Waals surface area contributed by atoms with Gasteiger partial charge in [-0.3, -0.25) is 0 Å². The van der Waals surface area contributed by atoms with E-state index < -0.39 is 0 Å². The van der Waals surface area contributed by atoms with E-state index in [1.165, 1.54) is 77.7 Å². The van der Waals surface area contributed by atoms with Gasteiger partial charge in [0.2, 0.25) is 0 Å². The monoisotopic (exact) mass is 267 g/mol. The molecule has 3 nitrogen and oxygen atoms in total. The van der Waals surface area contributed by atoms with Crippen LogP contribution >= 0.6 is 0 Å². The number of rotatable bonds is 6. The molecule has 3 heteroatoms. The summed E-state index contributed by atoms with van der Waals surface area (Å²) >= 11 is 0. The summed E-state index contributed by atoms with van der Waals surface area (Å²) in [5, 5.41) is 3.43. The minimum absolute atomic E-state index is 0.822. The second-order valence-electron chi connectivity index (χ2n) is 6.66. The molecule has 1 aliphatic heterocycles. The third-order valence-corrected chi connectivity index (χ3v) is 5.04. The van der Waals surface area contributed by atoms with Crippen LogP contribution in [0.4, 0.5) is 0 Å². The van der Waals surface area contributed by atoms with Crippen molar-refractivity contribution in [3.63, 3.8) is 0 Å². The van der Waals surface area contributed by atoms with Crippen LogP contribution in [0.3, 0.4) is 0 Å². The molecule has 1 saturated carbocycles. The predicted octanol–water partition coefficient (Wildman–Crippen LogP) is 2.18. The number of piperazine rings is 1. The zero-order chi connectivity index (χ0) is 13.5. The number of hydrogen-bond donors (Lipinski definition) is 1. The largest absolute Gasteiger partial charge is 0.314 e. The molecule has 0 radical (unpaired) electrons. The van der Waals surface area contributed by atoms with Crippen LogP contribution in [0.25, 0.3) is 0 Å². The topological polar surface area (TPSA) is 18.5 Å². The minimum atomic E-state index is 0.822. The van der Waals surface area contributed by atoms with E-state index in [2.05, 4.69) is 29.2 Å². The second-order valence-corrected chi connectivity index (χ2v) is 6.66. The van der Waals surface area contributed by atoms with Crippen molar-refractivity contribution < 1.29 is 0 Å². The van der Waals surface area contributed by atoms with Crippen LogP contribution < -0.4 is 5.32 Å². The molecular formula is C16H33N3. The molecule has 1 heterocycles. The molecule has 2 fully saturated rings. The van der Waals surface area contributed by atoms with Crippen molar-refractivity contribution in [2.24, 2.45) is 5.92 Å². The van der Waals surface area contributed by atoms with Crippen molar-refractivity contribution in [3.05, 3.63) is 0 Å². The normalized spacial score (nSPS) is 24.8. The van der Waals surface area contributed by atoms with Gasteiger partial charge in [0.25, 0.3) is 0 Å². The summed E-state index contributed by atoms with van der Waals surface area (Å²) in [6.07, 6.45) is 10.1. The molecule has 1 aliphatic carbocycles. The first-order chi connectivity index (χ1) is 9.27. The van der Waals surface area contributed by atoms with Crippen LogP contribution in [0.1, 0.15) is 44.9 Å².